The number of nitrogens with two attached hydrogens (primary N) is 1. The summed E-state index contributed by atoms with van der Waals surface area (Å²) in [7, 11) is 0. The molecule has 2 saturated heterocycles. The standard InChI is InChI=1S/C12H21N3O3/c1-2-12(3-4-14-7-12)11(18)15-6-8(16)5-9(15)10(13)17/h8-9,14,16H,2-7H2,1H3,(H2,13,17). The molecule has 0 aromatic heterocycles. The van der Waals surface area contributed by atoms with Gasteiger partial charge in [0, 0.05) is 19.5 Å². The summed E-state index contributed by atoms with van der Waals surface area (Å²) in [5.74, 6) is -0.576. The van der Waals surface area contributed by atoms with E-state index in [0.29, 0.717) is 6.54 Å². The second-order valence-electron chi connectivity index (χ2n) is 5.33. The molecule has 3 atom stereocenters. The van der Waals surface area contributed by atoms with Gasteiger partial charge >= 0.3 is 0 Å². The number of rotatable bonds is 3. The molecule has 18 heavy (non-hydrogen) atoms. The number of carbonyl (C=O) groups excluding carboxylic acids is 2. The lowest BCUT2D eigenvalue weighted by Crippen LogP contribution is -2.51. The predicted molar refractivity (Wildman–Crippen MR) is 65.5 cm³/mol. The average molecular weight is 255 g/mol. The molecule has 2 amide bonds. The maximum atomic E-state index is 12.6. The maximum Gasteiger partial charge on any atom is 0.240 e. The lowest BCUT2D eigenvalue weighted by Gasteiger charge is -2.33. The zero-order chi connectivity index (χ0) is 13.3. The van der Waals surface area contributed by atoms with E-state index in [1.807, 2.05) is 6.92 Å². The fraction of sp³-hybridized carbons (Fsp3) is 0.833. The number of aliphatic hydroxyl groups is 1. The van der Waals surface area contributed by atoms with Crippen molar-refractivity contribution in [2.45, 2.75) is 38.3 Å². The number of nitrogens with zero attached hydrogens (tertiary/aromatic N) is 1. The van der Waals surface area contributed by atoms with Gasteiger partial charge in [-0.3, -0.25) is 9.59 Å². The molecule has 0 bridgehead atoms. The van der Waals surface area contributed by atoms with E-state index < -0.39 is 23.5 Å². The number of β-amino-alcohol motifs (C(OH)–C–C–N with tert-alkyl or cyclic N) is 1. The van der Waals surface area contributed by atoms with Gasteiger partial charge in [0.05, 0.1) is 11.5 Å². The average Bonchev–Trinajstić information content (AvgIpc) is 2.95. The van der Waals surface area contributed by atoms with E-state index in [1.165, 1.54) is 4.90 Å². The quantitative estimate of drug-likeness (QED) is 0.591. The lowest BCUT2D eigenvalue weighted by molar-refractivity contribution is -0.145. The van der Waals surface area contributed by atoms with Crippen LogP contribution in [0.25, 0.3) is 0 Å². The van der Waals surface area contributed by atoms with Gasteiger partial charge in [-0.1, -0.05) is 6.92 Å². The van der Waals surface area contributed by atoms with Crippen LogP contribution in [0.3, 0.4) is 0 Å². The van der Waals surface area contributed by atoms with Crippen LogP contribution in [0.4, 0.5) is 0 Å². The summed E-state index contributed by atoms with van der Waals surface area (Å²) in [4.78, 5) is 25.5. The maximum absolute atomic E-state index is 12.6. The first-order valence-corrected chi connectivity index (χ1v) is 6.49. The fourth-order valence-electron chi connectivity index (χ4n) is 2.99. The summed E-state index contributed by atoms with van der Waals surface area (Å²) in [5, 5.41) is 12.8. The number of carbonyl (C=O) groups is 2. The SMILES string of the molecule is CCC1(C(=O)N2CC(O)CC2C(N)=O)CCNC1. The molecule has 2 aliphatic rings. The van der Waals surface area contributed by atoms with Crippen LogP contribution in [-0.4, -0.2) is 53.6 Å². The Hall–Kier alpha value is -1.14. The Labute approximate surface area is 107 Å². The Kier molecular flexibility index (Phi) is 3.59. The van der Waals surface area contributed by atoms with Crippen LogP contribution in [0.15, 0.2) is 0 Å². The van der Waals surface area contributed by atoms with Gasteiger partial charge in [-0.15, -0.1) is 0 Å². The molecule has 6 nitrogen and oxygen atoms in total. The van der Waals surface area contributed by atoms with Crippen LogP contribution >= 0.6 is 0 Å². The van der Waals surface area contributed by atoms with Crippen molar-refractivity contribution in [3.05, 3.63) is 0 Å². The highest BCUT2D eigenvalue weighted by Gasteiger charge is 2.47. The number of likely N-dealkylation sites (tertiary alicyclic amines) is 1. The third kappa shape index (κ3) is 2.10. The number of amides is 2. The molecule has 0 saturated carbocycles. The number of hydrogen-bond donors (Lipinski definition) is 3. The minimum atomic E-state index is -0.656. The highest BCUT2D eigenvalue weighted by atomic mass is 16.3. The minimum Gasteiger partial charge on any atom is -0.391 e. The molecule has 6 heteroatoms. The molecule has 0 aliphatic carbocycles. The minimum absolute atomic E-state index is 0.0460. The van der Waals surface area contributed by atoms with E-state index >= 15 is 0 Å². The Morgan fingerprint density at radius 2 is 2.28 bits per heavy atom. The molecule has 2 fully saturated rings. The van der Waals surface area contributed by atoms with Gasteiger partial charge in [-0.2, -0.15) is 0 Å². The van der Waals surface area contributed by atoms with Crippen LogP contribution in [0, 0.1) is 5.41 Å². The first-order chi connectivity index (χ1) is 8.50. The first kappa shape index (κ1) is 13.3. The first-order valence-electron chi connectivity index (χ1n) is 6.49. The Bertz CT molecular complexity index is 352. The summed E-state index contributed by atoms with van der Waals surface area (Å²) in [6.45, 7) is 3.66. The normalized spacial score (nSPS) is 36.0. The van der Waals surface area contributed by atoms with E-state index in [4.69, 9.17) is 5.73 Å². The molecule has 0 aromatic rings. The van der Waals surface area contributed by atoms with Crippen molar-refractivity contribution in [3.8, 4) is 0 Å². The van der Waals surface area contributed by atoms with E-state index in [0.717, 1.165) is 19.4 Å². The van der Waals surface area contributed by atoms with Gasteiger partial charge in [-0.25, -0.2) is 0 Å². The monoisotopic (exact) mass is 255 g/mol. The van der Waals surface area contributed by atoms with Crippen molar-refractivity contribution in [3.63, 3.8) is 0 Å². The van der Waals surface area contributed by atoms with Crippen LogP contribution in [0.1, 0.15) is 26.2 Å². The van der Waals surface area contributed by atoms with Crippen LogP contribution in [-0.2, 0) is 9.59 Å². The van der Waals surface area contributed by atoms with E-state index in [-0.39, 0.29) is 18.9 Å². The Balaban J connectivity index is 2.19. The van der Waals surface area contributed by atoms with Gasteiger partial charge in [-0.05, 0) is 19.4 Å². The molecule has 2 rings (SSSR count). The van der Waals surface area contributed by atoms with E-state index in [2.05, 4.69) is 5.32 Å². The van der Waals surface area contributed by atoms with Crippen molar-refractivity contribution in [2.75, 3.05) is 19.6 Å². The second kappa shape index (κ2) is 4.85. The predicted octanol–water partition coefficient (Wildman–Crippen LogP) is -1.18. The van der Waals surface area contributed by atoms with Gasteiger partial charge < -0.3 is 21.1 Å². The molecule has 0 aromatic carbocycles. The summed E-state index contributed by atoms with van der Waals surface area (Å²) < 4.78 is 0. The topological polar surface area (TPSA) is 95.7 Å². The Morgan fingerprint density at radius 3 is 2.78 bits per heavy atom. The number of nitrogens with one attached hydrogen (secondary N) is 1. The van der Waals surface area contributed by atoms with Crippen LogP contribution in [0.2, 0.25) is 0 Å². The van der Waals surface area contributed by atoms with Gasteiger partial charge in [0.15, 0.2) is 0 Å². The third-order valence-electron chi connectivity index (χ3n) is 4.24. The molecular weight excluding hydrogens is 234 g/mol. The third-order valence-corrected chi connectivity index (χ3v) is 4.24. The number of primary amides is 1. The van der Waals surface area contributed by atoms with Crippen molar-refractivity contribution < 1.29 is 14.7 Å². The largest absolute Gasteiger partial charge is 0.391 e. The molecule has 102 valence electrons. The summed E-state index contributed by atoms with van der Waals surface area (Å²) in [5.41, 5.74) is 4.88. The van der Waals surface area contributed by atoms with Crippen LogP contribution < -0.4 is 11.1 Å². The molecule has 4 N–H and O–H groups in total. The highest BCUT2D eigenvalue weighted by molar-refractivity contribution is 5.90. The molecule has 2 aliphatic heterocycles. The van der Waals surface area contributed by atoms with Crippen molar-refractivity contribution in [1.29, 1.82) is 0 Å². The summed E-state index contributed by atoms with van der Waals surface area (Å²) >= 11 is 0. The zero-order valence-electron chi connectivity index (χ0n) is 10.7. The van der Waals surface area contributed by atoms with Crippen LogP contribution in [0.5, 0.6) is 0 Å². The summed E-state index contributed by atoms with van der Waals surface area (Å²) in [6, 6.07) is -0.656. The molecule has 3 unspecified atom stereocenters. The fourth-order valence-corrected chi connectivity index (χ4v) is 2.99. The van der Waals surface area contributed by atoms with Crippen molar-refractivity contribution in [1.82, 2.24) is 10.2 Å². The van der Waals surface area contributed by atoms with Gasteiger partial charge in [0.2, 0.25) is 11.8 Å². The second-order valence-corrected chi connectivity index (χ2v) is 5.33. The molecule has 0 spiro atoms. The lowest BCUT2D eigenvalue weighted by atomic mass is 9.82. The molecular formula is C12H21N3O3. The number of hydrogen-bond acceptors (Lipinski definition) is 4. The van der Waals surface area contributed by atoms with Gasteiger partial charge in [0.25, 0.3) is 0 Å². The summed E-state index contributed by atoms with van der Waals surface area (Å²) in [6.07, 6.45) is 1.13. The van der Waals surface area contributed by atoms with Crippen molar-refractivity contribution in [2.24, 2.45) is 11.1 Å². The highest BCUT2D eigenvalue weighted by Crippen LogP contribution is 2.34. The molecule has 2 heterocycles. The zero-order valence-corrected chi connectivity index (χ0v) is 10.7. The van der Waals surface area contributed by atoms with Crippen molar-refractivity contribution >= 4 is 11.8 Å². The van der Waals surface area contributed by atoms with E-state index in [9.17, 15) is 14.7 Å². The number of aliphatic hydroxyl groups excluding tert-OH is 1. The van der Waals surface area contributed by atoms with E-state index in [1.54, 1.807) is 0 Å². The Morgan fingerprint density at radius 1 is 1.56 bits per heavy atom. The molecule has 0 radical (unpaired) electrons. The van der Waals surface area contributed by atoms with Gasteiger partial charge in [0.1, 0.15) is 6.04 Å². The smallest absolute Gasteiger partial charge is 0.240 e.